The van der Waals surface area contributed by atoms with E-state index in [1.54, 1.807) is 0 Å². The van der Waals surface area contributed by atoms with Crippen molar-refractivity contribution in [1.29, 1.82) is 0 Å². The highest BCUT2D eigenvalue weighted by molar-refractivity contribution is 7.98. The van der Waals surface area contributed by atoms with Crippen LogP contribution in [0.4, 0.5) is 8.78 Å². The topological polar surface area (TPSA) is 87.2 Å². The summed E-state index contributed by atoms with van der Waals surface area (Å²) in [5.41, 5.74) is 0.391. The summed E-state index contributed by atoms with van der Waals surface area (Å²) in [6.07, 6.45) is 0. The zero-order valence-corrected chi connectivity index (χ0v) is 14.3. The van der Waals surface area contributed by atoms with E-state index < -0.39 is 23.2 Å². The van der Waals surface area contributed by atoms with Gasteiger partial charge in [-0.25, -0.2) is 23.2 Å². The van der Waals surface area contributed by atoms with Gasteiger partial charge >= 0.3 is 5.97 Å². The summed E-state index contributed by atoms with van der Waals surface area (Å²) in [7, 11) is 1.25. The van der Waals surface area contributed by atoms with Crippen molar-refractivity contribution in [2.75, 3.05) is 13.0 Å². The zero-order chi connectivity index (χ0) is 18.8. The number of benzene rings is 2. The largest absolute Gasteiger partial charge is 0.465 e. The van der Waals surface area contributed by atoms with E-state index in [0.717, 1.165) is 22.5 Å². The number of carbonyl (C=O) groups is 1. The molecule has 0 saturated heterocycles. The number of methoxy groups -OCH3 is 1. The van der Waals surface area contributed by atoms with Gasteiger partial charge in [0, 0.05) is 11.8 Å². The molecule has 3 rings (SSSR count). The molecule has 0 spiro atoms. The first-order valence-electron chi connectivity index (χ1n) is 7.37. The Hall–Kier alpha value is -2.94. The van der Waals surface area contributed by atoms with E-state index in [1.165, 1.54) is 37.4 Å². The molecular formula is C17H13F2N3O3S. The van der Waals surface area contributed by atoms with Crippen LogP contribution >= 0.6 is 11.8 Å². The standard InChI is InChI=1S/C17H13F2N3O3S/c1-25-16(24)10-2-3-13-14(6-10)21-17(22(20)15(13)23)26-8-9-4-11(18)7-12(19)5-9/h2-7H,8,20H2,1H3. The van der Waals surface area contributed by atoms with Crippen LogP contribution in [0.1, 0.15) is 15.9 Å². The van der Waals surface area contributed by atoms with Gasteiger partial charge in [0.2, 0.25) is 0 Å². The first kappa shape index (κ1) is 17.9. The molecular weight excluding hydrogens is 364 g/mol. The fourth-order valence-electron chi connectivity index (χ4n) is 2.37. The Labute approximate surface area is 150 Å². The number of carbonyl (C=O) groups excluding carboxylic acids is 1. The van der Waals surface area contributed by atoms with Crippen LogP contribution in [0.2, 0.25) is 0 Å². The van der Waals surface area contributed by atoms with Gasteiger partial charge < -0.3 is 10.6 Å². The third-order valence-electron chi connectivity index (χ3n) is 3.58. The van der Waals surface area contributed by atoms with Crippen molar-refractivity contribution in [2.45, 2.75) is 10.9 Å². The molecule has 0 bridgehead atoms. The lowest BCUT2D eigenvalue weighted by Gasteiger charge is -2.09. The minimum absolute atomic E-state index is 0.147. The first-order valence-corrected chi connectivity index (χ1v) is 8.35. The molecule has 0 aliphatic carbocycles. The van der Waals surface area contributed by atoms with Crippen molar-refractivity contribution in [3.8, 4) is 0 Å². The molecule has 134 valence electrons. The molecule has 1 aromatic heterocycles. The fourth-order valence-corrected chi connectivity index (χ4v) is 3.21. The number of nitrogens with two attached hydrogens (primary N) is 1. The van der Waals surface area contributed by atoms with Crippen molar-refractivity contribution >= 4 is 28.6 Å². The summed E-state index contributed by atoms with van der Waals surface area (Å²) in [6, 6.07) is 7.46. The molecule has 0 aliphatic heterocycles. The highest BCUT2D eigenvalue weighted by Gasteiger charge is 2.13. The molecule has 26 heavy (non-hydrogen) atoms. The van der Waals surface area contributed by atoms with Crippen LogP contribution < -0.4 is 11.4 Å². The van der Waals surface area contributed by atoms with Gasteiger partial charge in [0.1, 0.15) is 11.6 Å². The summed E-state index contributed by atoms with van der Waals surface area (Å²) in [4.78, 5) is 28.3. The van der Waals surface area contributed by atoms with Crippen LogP contribution in [0.25, 0.3) is 10.9 Å². The lowest BCUT2D eigenvalue weighted by molar-refractivity contribution is 0.0601. The number of esters is 1. The normalized spacial score (nSPS) is 10.9. The third-order valence-corrected chi connectivity index (χ3v) is 4.60. The molecule has 0 amide bonds. The molecule has 0 radical (unpaired) electrons. The number of fused-ring (bicyclic) bond motifs is 1. The molecule has 0 aliphatic rings. The highest BCUT2D eigenvalue weighted by Crippen LogP contribution is 2.22. The minimum Gasteiger partial charge on any atom is -0.465 e. The second-order valence-electron chi connectivity index (χ2n) is 5.36. The molecule has 9 heteroatoms. The van der Waals surface area contributed by atoms with Gasteiger partial charge in [-0.1, -0.05) is 11.8 Å². The van der Waals surface area contributed by atoms with Gasteiger partial charge in [-0.15, -0.1) is 0 Å². The second kappa shape index (κ2) is 7.12. The second-order valence-corrected chi connectivity index (χ2v) is 6.30. The molecule has 0 saturated carbocycles. The Morgan fingerprint density at radius 1 is 1.23 bits per heavy atom. The molecule has 3 aromatic rings. The number of hydrogen-bond donors (Lipinski definition) is 1. The molecule has 2 aromatic carbocycles. The smallest absolute Gasteiger partial charge is 0.337 e. The Bertz CT molecular complexity index is 1050. The summed E-state index contributed by atoms with van der Waals surface area (Å²) < 4.78 is 32.0. The monoisotopic (exact) mass is 377 g/mol. The maximum absolute atomic E-state index is 13.3. The van der Waals surface area contributed by atoms with E-state index >= 15 is 0 Å². The summed E-state index contributed by atoms with van der Waals surface area (Å²) in [5, 5.41) is 0.385. The van der Waals surface area contributed by atoms with E-state index in [9.17, 15) is 18.4 Å². The van der Waals surface area contributed by atoms with Crippen molar-refractivity contribution in [2.24, 2.45) is 0 Å². The van der Waals surface area contributed by atoms with Crippen molar-refractivity contribution < 1.29 is 18.3 Å². The van der Waals surface area contributed by atoms with Gasteiger partial charge in [0.15, 0.2) is 5.16 Å². The van der Waals surface area contributed by atoms with Gasteiger partial charge in [0.25, 0.3) is 5.56 Å². The first-order chi connectivity index (χ1) is 12.4. The number of thioether (sulfide) groups is 1. The van der Waals surface area contributed by atoms with Gasteiger partial charge in [-0.2, -0.15) is 0 Å². The minimum atomic E-state index is -0.695. The van der Waals surface area contributed by atoms with Crippen LogP contribution in [0.15, 0.2) is 46.3 Å². The Balaban J connectivity index is 1.98. The number of halogens is 2. The van der Waals surface area contributed by atoms with Crippen molar-refractivity contribution in [1.82, 2.24) is 9.66 Å². The van der Waals surface area contributed by atoms with Gasteiger partial charge in [-0.05, 0) is 35.9 Å². The highest BCUT2D eigenvalue weighted by atomic mass is 32.2. The van der Waals surface area contributed by atoms with Crippen molar-refractivity contribution in [3.05, 3.63) is 69.5 Å². The van der Waals surface area contributed by atoms with E-state index in [2.05, 4.69) is 9.72 Å². The molecule has 1 heterocycles. The molecule has 6 nitrogen and oxygen atoms in total. The predicted octanol–water partition coefficient (Wildman–Crippen LogP) is 2.47. The average molecular weight is 377 g/mol. The summed E-state index contributed by atoms with van der Waals surface area (Å²) in [6.45, 7) is 0. The zero-order valence-electron chi connectivity index (χ0n) is 13.5. The number of nitrogens with zero attached hydrogens (tertiary/aromatic N) is 2. The SMILES string of the molecule is COC(=O)c1ccc2c(=O)n(N)c(SCc3cc(F)cc(F)c3)nc2c1. The quantitative estimate of drug-likeness (QED) is 0.325. The van der Waals surface area contributed by atoms with Crippen LogP contribution in [0.3, 0.4) is 0 Å². The Morgan fingerprint density at radius 3 is 2.58 bits per heavy atom. The maximum atomic E-state index is 13.3. The van der Waals surface area contributed by atoms with Crippen LogP contribution in [-0.2, 0) is 10.5 Å². The van der Waals surface area contributed by atoms with Crippen LogP contribution in [-0.4, -0.2) is 22.7 Å². The van der Waals surface area contributed by atoms with E-state index in [0.29, 0.717) is 5.56 Å². The molecule has 0 unspecified atom stereocenters. The Kier molecular flexibility index (Phi) is 4.90. The maximum Gasteiger partial charge on any atom is 0.337 e. The lowest BCUT2D eigenvalue weighted by Crippen LogP contribution is -2.29. The number of rotatable bonds is 4. The molecule has 0 atom stereocenters. The third kappa shape index (κ3) is 3.52. The van der Waals surface area contributed by atoms with E-state index in [-0.39, 0.29) is 27.4 Å². The number of aromatic nitrogens is 2. The van der Waals surface area contributed by atoms with Gasteiger partial charge in [0.05, 0.1) is 23.6 Å². The lowest BCUT2D eigenvalue weighted by atomic mass is 10.1. The Morgan fingerprint density at radius 2 is 1.92 bits per heavy atom. The fraction of sp³-hybridized carbons (Fsp3) is 0.118. The number of nitrogen functional groups attached to an aromatic ring is 1. The average Bonchev–Trinajstić information content (AvgIpc) is 2.61. The van der Waals surface area contributed by atoms with Crippen molar-refractivity contribution in [3.63, 3.8) is 0 Å². The number of hydrogen-bond acceptors (Lipinski definition) is 6. The summed E-state index contributed by atoms with van der Waals surface area (Å²) in [5.74, 6) is 3.98. The molecule has 0 fully saturated rings. The van der Waals surface area contributed by atoms with E-state index in [4.69, 9.17) is 5.84 Å². The summed E-state index contributed by atoms with van der Waals surface area (Å²) >= 11 is 1.04. The molecule has 2 N–H and O–H groups in total. The van der Waals surface area contributed by atoms with E-state index in [1.807, 2.05) is 0 Å². The predicted molar refractivity (Wildman–Crippen MR) is 93.4 cm³/mol. The van der Waals surface area contributed by atoms with Gasteiger partial charge in [-0.3, -0.25) is 4.79 Å². The van der Waals surface area contributed by atoms with Crippen LogP contribution in [0.5, 0.6) is 0 Å². The number of ether oxygens (including phenoxy) is 1. The van der Waals surface area contributed by atoms with Crippen LogP contribution in [0, 0.1) is 11.6 Å².